The summed E-state index contributed by atoms with van der Waals surface area (Å²) in [6.45, 7) is 3.57. The molecule has 1 fully saturated rings. The van der Waals surface area contributed by atoms with Crippen LogP contribution < -0.4 is 5.32 Å². The molecule has 1 saturated heterocycles. The van der Waals surface area contributed by atoms with E-state index in [9.17, 15) is 9.90 Å². The molecule has 1 aliphatic heterocycles. The number of hydrogen-bond acceptors (Lipinski definition) is 4. The van der Waals surface area contributed by atoms with Crippen LogP contribution in [0.1, 0.15) is 26.7 Å². The van der Waals surface area contributed by atoms with Crippen LogP contribution in [0.3, 0.4) is 0 Å². The molecule has 0 aromatic heterocycles. The molecule has 0 amide bonds. The fraction of sp³-hybridized carbons (Fsp3) is 0.900. The van der Waals surface area contributed by atoms with Crippen molar-refractivity contribution < 1.29 is 15.0 Å². The van der Waals surface area contributed by atoms with Crippen LogP contribution in [0.25, 0.3) is 0 Å². The quantitative estimate of drug-likeness (QED) is 0.667. The summed E-state index contributed by atoms with van der Waals surface area (Å²) in [7, 11) is 0. The lowest BCUT2D eigenvalue weighted by Crippen LogP contribution is -2.63. The second-order valence-corrected chi connectivity index (χ2v) is 5.82. The van der Waals surface area contributed by atoms with Crippen molar-refractivity contribution in [2.24, 2.45) is 0 Å². The third-order valence-corrected chi connectivity index (χ3v) is 3.90. The Labute approximate surface area is 94.4 Å². The molecular weight excluding hydrogens is 214 g/mol. The molecule has 5 heteroatoms. The molecule has 1 aliphatic rings. The minimum atomic E-state index is -0.866. The summed E-state index contributed by atoms with van der Waals surface area (Å²) in [4.78, 5) is 11.3. The van der Waals surface area contributed by atoms with E-state index in [2.05, 4.69) is 5.32 Å². The summed E-state index contributed by atoms with van der Waals surface area (Å²) >= 11 is 1.66. The zero-order valence-electron chi connectivity index (χ0n) is 9.25. The van der Waals surface area contributed by atoms with Gasteiger partial charge in [0.1, 0.15) is 5.54 Å². The number of aliphatic carboxylic acids is 1. The van der Waals surface area contributed by atoms with E-state index in [1.165, 1.54) is 0 Å². The van der Waals surface area contributed by atoms with Gasteiger partial charge in [0.05, 0.1) is 6.61 Å². The van der Waals surface area contributed by atoms with Gasteiger partial charge >= 0.3 is 5.97 Å². The molecule has 0 saturated carbocycles. The fourth-order valence-electron chi connectivity index (χ4n) is 1.80. The number of hydrogen-bond donors (Lipinski definition) is 3. The van der Waals surface area contributed by atoms with Gasteiger partial charge in [0, 0.05) is 11.3 Å². The van der Waals surface area contributed by atoms with Crippen LogP contribution in [0.2, 0.25) is 0 Å². The van der Waals surface area contributed by atoms with Gasteiger partial charge < -0.3 is 10.2 Å². The van der Waals surface area contributed by atoms with Crippen molar-refractivity contribution in [3.8, 4) is 0 Å². The van der Waals surface area contributed by atoms with Gasteiger partial charge in [0.15, 0.2) is 0 Å². The van der Waals surface area contributed by atoms with Crippen LogP contribution in [0.15, 0.2) is 0 Å². The average Bonchev–Trinajstić information content (AvgIpc) is 2.18. The predicted molar refractivity (Wildman–Crippen MR) is 61.2 cm³/mol. The van der Waals surface area contributed by atoms with E-state index in [0.717, 1.165) is 12.2 Å². The van der Waals surface area contributed by atoms with Crippen molar-refractivity contribution in [2.45, 2.75) is 37.8 Å². The Balaban J connectivity index is 2.77. The van der Waals surface area contributed by atoms with E-state index >= 15 is 0 Å². The topological polar surface area (TPSA) is 69.6 Å². The maximum atomic E-state index is 11.3. The van der Waals surface area contributed by atoms with Gasteiger partial charge in [0.2, 0.25) is 0 Å². The van der Waals surface area contributed by atoms with Gasteiger partial charge in [-0.1, -0.05) is 0 Å². The summed E-state index contributed by atoms with van der Waals surface area (Å²) in [5.41, 5.74) is -1.41. The zero-order valence-corrected chi connectivity index (χ0v) is 10.1. The Bertz CT molecular complexity index is 237. The van der Waals surface area contributed by atoms with E-state index in [4.69, 9.17) is 5.11 Å². The summed E-state index contributed by atoms with van der Waals surface area (Å²) in [6, 6.07) is 0. The first-order chi connectivity index (χ1) is 6.92. The van der Waals surface area contributed by atoms with Crippen LogP contribution in [-0.2, 0) is 4.79 Å². The number of nitrogens with one attached hydrogen (secondary N) is 1. The number of aliphatic hydroxyl groups excluding tert-OH is 1. The van der Waals surface area contributed by atoms with Crippen molar-refractivity contribution in [2.75, 3.05) is 18.1 Å². The minimum Gasteiger partial charge on any atom is -0.480 e. The molecule has 0 spiro atoms. The maximum Gasteiger partial charge on any atom is 0.324 e. The summed E-state index contributed by atoms with van der Waals surface area (Å²) in [5.74, 6) is 0.790. The lowest BCUT2D eigenvalue weighted by molar-refractivity contribution is -0.145. The van der Waals surface area contributed by atoms with Crippen LogP contribution >= 0.6 is 11.8 Å². The Morgan fingerprint density at radius 2 is 2.27 bits per heavy atom. The van der Waals surface area contributed by atoms with Crippen molar-refractivity contribution in [1.29, 1.82) is 0 Å². The van der Waals surface area contributed by atoms with E-state index in [0.29, 0.717) is 12.2 Å². The average molecular weight is 233 g/mol. The highest BCUT2D eigenvalue weighted by atomic mass is 32.2. The lowest BCUT2D eigenvalue weighted by atomic mass is 9.91. The van der Waals surface area contributed by atoms with Gasteiger partial charge in [-0.15, -0.1) is 0 Å². The molecule has 0 bridgehead atoms. The standard InChI is InChI=1S/C10H19NO3S/c1-9(2,6-12)11-10(8(13)14)4-3-5-15-7-10/h11-12H,3-7H2,1-2H3,(H,13,14). The fourth-order valence-corrected chi connectivity index (χ4v) is 2.98. The van der Waals surface area contributed by atoms with Crippen molar-refractivity contribution in [3.05, 3.63) is 0 Å². The first-order valence-corrected chi connectivity index (χ1v) is 6.29. The van der Waals surface area contributed by atoms with Crippen molar-refractivity contribution in [3.63, 3.8) is 0 Å². The summed E-state index contributed by atoms with van der Waals surface area (Å²) < 4.78 is 0. The Morgan fingerprint density at radius 1 is 1.60 bits per heavy atom. The largest absolute Gasteiger partial charge is 0.480 e. The Hall–Kier alpha value is -0.260. The predicted octanol–water partition coefficient (Wildman–Crippen LogP) is 0.697. The third-order valence-electron chi connectivity index (χ3n) is 2.62. The first kappa shape index (κ1) is 12.8. The number of rotatable bonds is 4. The van der Waals surface area contributed by atoms with E-state index in [1.54, 1.807) is 11.8 Å². The molecule has 0 aromatic carbocycles. The lowest BCUT2D eigenvalue weighted by Gasteiger charge is -2.40. The molecule has 1 unspecified atom stereocenters. The highest BCUT2D eigenvalue weighted by molar-refractivity contribution is 7.99. The number of aliphatic hydroxyl groups is 1. The number of carboxylic acids is 1. The van der Waals surface area contributed by atoms with E-state index in [1.807, 2.05) is 13.8 Å². The van der Waals surface area contributed by atoms with E-state index < -0.39 is 17.0 Å². The monoisotopic (exact) mass is 233 g/mol. The van der Waals surface area contributed by atoms with Gasteiger partial charge in [-0.2, -0.15) is 11.8 Å². The molecule has 1 heterocycles. The van der Waals surface area contributed by atoms with Gasteiger partial charge in [-0.3, -0.25) is 10.1 Å². The summed E-state index contributed by atoms with van der Waals surface area (Å²) in [5, 5.41) is 21.5. The number of carbonyl (C=O) groups is 1. The smallest absolute Gasteiger partial charge is 0.324 e. The van der Waals surface area contributed by atoms with Crippen LogP contribution in [0.4, 0.5) is 0 Å². The number of thioether (sulfide) groups is 1. The third kappa shape index (κ3) is 3.09. The number of carboxylic acid groups (broad SMARTS) is 1. The second-order valence-electron chi connectivity index (χ2n) is 4.71. The SMILES string of the molecule is CC(C)(CO)NC1(C(=O)O)CCCSC1. The molecular formula is C10H19NO3S. The highest BCUT2D eigenvalue weighted by Crippen LogP contribution is 2.29. The molecule has 0 aromatic rings. The second kappa shape index (κ2) is 4.72. The van der Waals surface area contributed by atoms with Crippen LogP contribution in [0, 0.1) is 0 Å². The zero-order chi connectivity index (χ0) is 11.5. The van der Waals surface area contributed by atoms with Gasteiger partial charge in [0.25, 0.3) is 0 Å². The molecule has 1 atom stereocenters. The molecule has 0 radical (unpaired) electrons. The highest BCUT2D eigenvalue weighted by Gasteiger charge is 2.43. The van der Waals surface area contributed by atoms with E-state index in [-0.39, 0.29) is 6.61 Å². The van der Waals surface area contributed by atoms with Gasteiger partial charge in [-0.05, 0) is 32.4 Å². The van der Waals surface area contributed by atoms with Gasteiger partial charge in [-0.25, -0.2) is 0 Å². The van der Waals surface area contributed by atoms with Crippen LogP contribution in [-0.4, -0.2) is 45.4 Å². The molecule has 1 rings (SSSR count). The molecule has 0 aliphatic carbocycles. The minimum absolute atomic E-state index is 0.0628. The Kier molecular flexibility index (Phi) is 4.03. The normalized spacial score (nSPS) is 27.7. The van der Waals surface area contributed by atoms with Crippen LogP contribution in [0.5, 0.6) is 0 Å². The molecule has 3 N–H and O–H groups in total. The molecule has 4 nitrogen and oxygen atoms in total. The molecule has 88 valence electrons. The maximum absolute atomic E-state index is 11.3. The Morgan fingerprint density at radius 3 is 2.67 bits per heavy atom. The molecule has 15 heavy (non-hydrogen) atoms. The first-order valence-electron chi connectivity index (χ1n) is 5.13. The summed E-state index contributed by atoms with van der Waals surface area (Å²) in [6.07, 6.45) is 1.55. The van der Waals surface area contributed by atoms with Crippen molar-refractivity contribution in [1.82, 2.24) is 5.32 Å². The van der Waals surface area contributed by atoms with Crippen molar-refractivity contribution >= 4 is 17.7 Å².